The van der Waals surface area contributed by atoms with Crippen molar-refractivity contribution >= 4 is 22.6 Å². The quantitative estimate of drug-likeness (QED) is 0.849. The second-order valence-corrected chi connectivity index (χ2v) is 4.26. The van der Waals surface area contributed by atoms with Gasteiger partial charge in [-0.15, -0.1) is 0 Å². The van der Waals surface area contributed by atoms with Crippen molar-refractivity contribution < 1.29 is 14.3 Å². The van der Waals surface area contributed by atoms with Crippen LogP contribution >= 0.6 is 0 Å². The molecule has 2 rings (SSSR count). The molecule has 106 valence electrons. The van der Waals surface area contributed by atoms with E-state index in [4.69, 9.17) is 9.47 Å². The van der Waals surface area contributed by atoms with Crippen LogP contribution in [-0.2, 0) is 16.1 Å². The summed E-state index contributed by atoms with van der Waals surface area (Å²) in [6.07, 6.45) is 1.55. The molecule has 0 amide bonds. The third-order valence-corrected chi connectivity index (χ3v) is 3.03. The van der Waals surface area contributed by atoms with Crippen LogP contribution in [0, 0.1) is 0 Å². The zero-order valence-corrected chi connectivity index (χ0v) is 11.9. The van der Waals surface area contributed by atoms with Crippen molar-refractivity contribution in [1.82, 2.24) is 4.98 Å². The standard InChI is InChI=1S/C15H18N2O3/c1-4-20-15(18)12-8-17-13-10(9-19-3)6-5-7-11(13)14(12)16-2/h5-8H,4,9H2,1-3H3,(H,16,17). The highest BCUT2D eigenvalue weighted by atomic mass is 16.5. The predicted octanol–water partition coefficient (Wildman–Crippen LogP) is 2.60. The molecular weight excluding hydrogens is 256 g/mol. The van der Waals surface area contributed by atoms with E-state index in [0.717, 1.165) is 22.2 Å². The summed E-state index contributed by atoms with van der Waals surface area (Å²) in [5, 5.41) is 3.95. The lowest BCUT2D eigenvalue weighted by molar-refractivity contribution is 0.0527. The third-order valence-electron chi connectivity index (χ3n) is 3.03. The van der Waals surface area contributed by atoms with Gasteiger partial charge in [0.05, 0.1) is 24.4 Å². The minimum absolute atomic E-state index is 0.337. The Labute approximate surface area is 117 Å². The maximum absolute atomic E-state index is 12.0. The summed E-state index contributed by atoms with van der Waals surface area (Å²) in [5.74, 6) is -0.372. The van der Waals surface area contributed by atoms with Gasteiger partial charge in [0.25, 0.3) is 0 Å². The van der Waals surface area contributed by atoms with Gasteiger partial charge in [0.1, 0.15) is 5.56 Å². The highest BCUT2D eigenvalue weighted by Gasteiger charge is 2.16. The molecule has 0 bridgehead atoms. The molecule has 0 atom stereocenters. The highest BCUT2D eigenvalue weighted by Crippen LogP contribution is 2.28. The van der Waals surface area contributed by atoms with E-state index in [-0.39, 0.29) is 5.97 Å². The number of nitrogens with one attached hydrogen (secondary N) is 1. The number of methoxy groups -OCH3 is 1. The molecule has 1 aromatic heterocycles. The number of ether oxygens (including phenoxy) is 2. The minimum atomic E-state index is -0.372. The van der Waals surface area contributed by atoms with Crippen molar-refractivity contribution in [3.05, 3.63) is 35.5 Å². The molecule has 2 aromatic rings. The van der Waals surface area contributed by atoms with Gasteiger partial charge in [0.15, 0.2) is 0 Å². The molecule has 0 radical (unpaired) electrons. The molecule has 0 saturated heterocycles. The van der Waals surface area contributed by atoms with Crippen molar-refractivity contribution in [1.29, 1.82) is 0 Å². The van der Waals surface area contributed by atoms with Gasteiger partial charge in [-0.3, -0.25) is 4.98 Å². The number of pyridine rings is 1. The molecule has 1 N–H and O–H groups in total. The normalized spacial score (nSPS) is 10.6. The molecule has 1 aromatic carbocycles. The fourth-order valence-corrected chi connectivity index (χ4v) is 2.19. The molecule has 0 fully saturated rings. The number of benzene rings is 1. The molecule has 5 nitrogen and oxygen atoms in total. The van der Waals surface area contributed by atoms with Gasteiger partial charge in [-0.05, 0) is 6.92 Å². The van der Waals surface area contributed by atoms with Crippen molar-refractivity contribution in [2.45, 2.75) is 13.5 Å². The monoisotopic (exact) mass is 274 g/mol. The van der Waals surface area contributed by atoms with Crippen LogP contribution in [0.3, 0.4) is 0 Å². The van der Waals surface area contributed by atoms with Crippen molar-refractivity contribution in [3.8, 4) is 0 Å². The van der Waals surface area contributed by atoms with Crippen LogP contribution in [0.15, 0.2) is 24.4 Å². The molecule has 1 heterocycles. The number of aromatic nitrogens is 1. The average Bonchev–Trinajstić information content (AvgIpc) is 2.46. The van der Waals surface area contributed by atoms with Gasteiger partial charge < -0.3 is 14.8 Å². The topological polar surface area (TPSA) is 60.5 Å². The van der Waals surface area contributed by atoms with E-state index in [1.54, 1.807) is 27.3 Å². The van der Waals surface area contributed by atoms with Crippen LogP contribution in [0.1, 0.15) is 22.8 Å². The molecule has 0 aliphatic rings. The van der Waals surface area contributed by atoms with E-state index < -0.39 is 0 Å². The van der Waals surface area contributed by atoms with Gasteiger partial charge >= 0.3 is 5.97 Å². The SMILES string of the molecule is CCOC(=O)c1cnc2c(COC)cccc2c1NC. The summed E-state index contributed by atoms with van der Waals surface area (Å²) < 4.78 is 10.2. The maximum Gasteiger partial charge on any atom is 0.341 e. The van der Waals surface area contributed by atoms with Crippen LogP contribution in [0.5, 0.6) is 0 Å². The van der Waals surface area contributed by atoms with Crippen LogP contribution in [0.4, 0.5) is 5.69 Å². The lowest BCUT2D eigenvalue weighted by atomic mass is 10.1. The summed E-state index contributed by atoms with van der Waals surface area (Å²) in [6.45, 7) is 2.60. The third kappa shape index (κ3) is 2.58. The summed E-state index contributed by atoms with van der Waals surface area (Å²) in [4.78, 5) is 16.3. The molecule has 0 aliphatic heterocycles. The number of carbonyl (C=O) groups excluding carboxylic acids is 1. The van der Waals surface area contributed by atoms with E-state index >= 15 is 0 Å². The lowest BCUT2D eigenvalue weighted by Gasteiger charge is -2.13. The first kappa shape index (κ1) is 14.3. The van der Waals surface area contributed by atoms with Gasteiger partial charge in [-0.2, -0.15) is 0 Å². The number of rotatable bonds is 5. The summed E-state index contributed by atoms with van der Waals surface area (Å²) in [7, 11) is 3.42. The second-order valence-electron chi connectivity index (χ2n) is 4.26. The Morgan fingerprint density at radius 3 is 2.85 bits per heavy atom. The van der Waals surface area contributed by atoms with Crippen molar-refractivity contribution in [2.24, 2.45) is 0 Å². The van der Waals surface area contributed by atoms with Crippen LogP contribution < -0.4 is 5.32 Å². The molecule has 5 heteroatoms. The molecule has 0 aliphatic carbocycles. The fourth-order valence-electron chi connectivity index (χ4n) is 2.19. The second kappa shape index (κ2) is 6.34. The maximum atomic E-state index is 12.0. The largest absolute Gasteiger partial charge is 0.462 e. The van der Waals surface area contributed by atoms with Gasteiger partial charge in [-0.1, -0.05) is 18.2 Å². The Bertz CT molecular complexity index is 626. The average molecular weight is 274 g/mol. The lowest BCUT2D eigenvalue weighted by Crippen LogP contribution is -2.09. The summed E-state index contributed by atoms with van der Waals surface area (Å²) in [6, 6.07) is 5.81. The zero-order chi connectivity index (χ0) is 14.5. The molecular formula is C15H18N2O3. The number of hydrogen-bond acceptors (Lipinski definition) is 5. The molecule has 0 unspecified atom stereocenters. The zero-order valence-electron chi connectivity index (χ0n) is 11.9. The Morgan fingerprint density at radius 1 is 1.40 bits per heavy atom. The first-order chi connectivity index (χ1) is 9.72. The number of anilines is 1. The molecule has 20 heavy (non-hydrogen) atoms. The number of hydrogen-bond donors (Lipinski definition) is 1. The Kier molecular flexibility index (Phi) is 4.53. The number of fused-ring (bicyclic) bond motifs is 1. The van der Waals surface area contributed by atoms with Gasteiger partial charge in [-0.25, -0.2) is 4.79 Å². The number of carbonyl (C=O) groups is 1. The highest BCUT2D eigenvalue weighted by molar-refractivity contribution is 6.05. The minimum Gasteiger partial charge on any atom is -0.462 e. The van der Waals surface area contributed by atoms with E-state index in [9.17, 15) is 4.79 Å². The van der Waals surface area contributed by atoms with E-state index in [1.165, 1.54) is 0 Å². The smallest absolute Gasteiger partial charge is 0.341 e. The van der Waals surface area contributed by atoms with E-state index in [0.29, 0.717) is 18.8 Å². The van der Waals surface area contributed by atoms with E-state index in [1.807, 2.05) is 18.2 Å². The molecule has 0 saturated carbocycles. The van der Waals surface area contributed by atoms with Gasteiger partial charge in [0.2, 0.25) is 0 Å². The van der Waals surface area contributed by atoms with Crippen LogP contribution in [-0.4, -0.2) is 31.7 Å². The Balaban J connectivity index is 2.62. The van der Waals surface area contributed by atoms with Crippen LogP contribution in [0.2, 0.25) is 0 Å². The number of para-hydroxylation sites is 1. The van der Waals surface area contributed by atoms with Crippen molar-refractivity contribution in [2.75, 3.05) is 26.1 Å². The van der Waals surface area contributed by atoms with E-state index in [2.05, 4.69) is 10.3 Å². The van der Waals surface area contributed by atoms with Crippen LogP contribution in [0.25, 0.3) is 10.9 Å². The predicted molar refractivity (Wildman–Crippen MR) is 78.0 cm³/mol. The number of esters is 1. The fraction of sp³-hybridized carbons (Fsp3) is 0.333. The number of nitrogens with zero attached hydrogens (tertiary/aromatic N) is 1. The summed E-state index contributed by atoms with van der Waals surface area (Å²) >= 11 is 0. The van der Waals surface area contributed by atoms with Gasteiger partial charge in [0, 0.05) is 31.3 Å². The first-order valence-electron chi connectivity index (χ1n) is 6.47. The first-order valence-corrected chi connectivity index (χ1v) is 6.47. The summed E-state index contributed by atoms with van der Waals surface area (Å²) in [5.41, 5.74) is 2.98. The Hall–Kier alpha value is -2.14. The Morgan fingerprint density at radius 2 is 2.20 bits per heavy atom. The van der Waals surface area contributed by atoms with Crippen molar-refractivity contribution in [3.63, 3.8) is 0 Å². The molecule has 0 spiro atoms.